The number of rotatable bonds is 10. The van der Waals surface area contributed by atoms with Crippen molar-refractivity contribution < 1.29 is 23.8 Å². The Morgan fingerprint density at radius 2 is 1.32 bits per heavy atom. The number of nitrogens with zero attached hydrogens (tertiary/aromatic N) is 2. The third kappa shape index (κ3) is 6.42. The van der Waals surface area contributed by atoms with E-state index in [9.17, 15) is 9.59 Å². The molecule has 0 aliphatic carbocycles. The number of para-hydroxylation sites is 2. The number of piperazine rings is 1. The van der Waals surface area contributed by atoms with Crippen molar-refractivity contribution in [2.45, 2.75) is 13.8 Å². The van der Waals surface area contributed by atoms with Gasteiger partial charge in [0.25, 0.3) is 11.8 Å². The molecule has 4 rings (SSSR count). The molecule has 0 atom stereocenters. The minimum absolute atomic E-state index is 0.179. The summed E-state index contributed by atoms with van der Waals surface area (Å²) in [6.07, 6.45) is 0. The van der Waals surface area contributed by atoms with Gasteiger partial charge in [-0.05, 0) is 48.4 Å². The number of anilines is 3. The van der Waals surface area contributed by atoms with Crippen LogP contribution in [0.5, 0.6) is 17.2 Å². The number of amides is 2. The Kier molecular flexibility index (Phi) is 9.37. The molecule has 0 spiro atoms. The normalized spacial score (nSPS) is 13.2. The van der Waals surface area contributed by atoms with Crippen LogP contribution in [0.3, 0.4) is 0 Å². The summed E-state index contributed by atoms with van der Waals surface area (Å²) in [5.74, 6) is 1.38. The van der Waals surface area contributed by atoms with Gasteiger partial charge in [0.05, 0.1) is 32.6 Å². The van der Waals surface area contributed by atoms with Gasteiger partial charge < -0.3 is 34.6 Å². The van der Waals surface area contributed by atoms with Gasteiger partial charge in [0.15, 0.2) is 0 Å². The number of carbonyl (C=O) groups is 2. The summed E-state index contributed by atoms with van der Waals surface area (Å²) in [4.78, 5) is 31.2. The van der Waals surface area contributed by atoms with Crippen LogP contribution in [0, 0.1) is 5.92 Å². The number of hydrogen-bond acceptors (Lipinski definition) is 7. The first-order valence-corrected chi connectivity index (χ1v) is 13.4. The maximum atomic E-state index is 13.4. The van der Waals surface area contributed by atoms with E-state index in [0.717, 1.165) is 43.3 Å². The molecule has 2 N–H and O–H groups in total. The van der Waals surface area contributed by atoms with Gasteiger partial charge >= 0.3 is 0 Å². The lowest BCUT2D eigenvalue weighted by Crippen LogP contribution is -2.47. The smallest absolute Gasteiger partial charge is 0.263 e. The molecule has 1 saturated heterocycles. The number of ether oxygens (including phenoxy) is 3. The molecule has 3 aromatic carbocycles. The lowest BCUT2D eigenvalue weighted by molar-refractivity contribution is 0.0948. The van der Waals surface area contributed by atoms with E-state index in [-0.39, 0.29) is 17.4 Å². The highest BCUT2D eigenvalue weighted by molar-refractivity contribution is 6.09. The Labute approximate surface area is 236 Å². The van der Waals surface area contributed by atoms with Crippen molar-refractivity contribution in [1.29, 1.82) is 0 Å². The van der Waals surface area contributed by atoms with E-state index < -0.39 is 0 Å². The number of carbonyl (C=O) groups excluding carboxylic acids is 2. The molecule has 9 heteroatoms. The Bertz CT molecular complexity index is 1310. The van der Waals surface area contributed by atoms with Gasteiger partial charge in [0.2, 0.25) is 0 Å². The third-order valence-electron chi connectivity index (χ3n) is 6.87. The van der Waals surface area contributed by atoms with Gasteiger partial charge in [-0.2, -0.15) is 0 Å². The molecule has 2 amide bonds. The molecule has 1 aliphatic rings. The molecule has 3 aromatic rings. The maximum absolute atomic E-state index is 13.4. The van der Waals surface area contributed by atoms with Crippen molar-refractivity contribution in [1.82, 2.24) is 5.32 Å². The zero-order chi connectivity index (χ0) is 28.6. The van der Waals surface area contributed by atoms with Crippen LogP contribution in [-0.2, 0) is 0 Å². The second-order valence-corrected chi connectivity index (χ2v) is 9.97. The number of hydrogen-bond donors (Lipinski definition) is 2. The highest BCUT2D eigenvalue weighted by Gasteiger charge is 2.25. The Balaban J connectivity index is 1.58. The van der Waals surface area contributed by atoms with Gasteiger partial charge in [-0.3, -0.25) is 9.59 Å². The Hall–Kier alpha value is -4.40. The van der Waals surface area contributed by atoms with E-state index in [0.29, 0.717) is 35.2 Å². The predicted octanol–water partition coefficient (Wildman–Crippen LogP) is 4.68. The molecule has 212 valence electrons. The predicted molar refractivity (Wildman–Crippen MR) is 159 cm³/mol. The molecule has 0 saturated carbocycles. The fourth-order valence-electron chi connectivity index (χ4n) is 4.81. The molecule has 0 radical (unpaired) electrons. The summed E-state index contributed by atoms with van der Waals surface area (Å²) >= 11 is 0. The number of nitrogens with one attached hydrogen (secondary N) is 2. The van der Waals surface area contributed by atoms with Gasteiger partial charge in [-0.15, -0.1) is 0 Å². The van der Waals surface area contributed by atoms with Crippen molar-refractivity contribution in [3.63, 3.8) is 0 Å². The van der Waals surface area contributed by atoms with Crippen molar-refractivity contribution in [2.24, 2.45) is 5.92 Å². The van der Waals surface area contributed by atoms with Crippen LogP contribution in [0.15, 0.2) is 60.7 Å². The van der Waals surface area contributed by atoms with E-state index in [1.165, 1.54) is 14.2 Å². The standard InChI is InChI=1S/C31H38N4O5/c1-21(2)20-32-30(36)23-19-22(33-31(37)29-27(39-4)11-8-12-28(29)40-5)13-14-24(23)34-15-17-35(18-16-34)25-9-6-7-10-26(25)38-3/h6-14,19,21H,15-18,20H2,1-5H3,(H,32,36)(H,33,37). The molecule has 0 bridgehead atoms. The highest BCUT2D eigenvalue weighted by atomic mass is 16.5. The lowest BCUT2D eigenvalue weighted by atomic mass is 10.1. The molecule has 40 heavy (non-hydrogen) atoms. The van der Waals surface area contributed by atoms with Gasteiger partial charge in [0, 0.05) is 44.1 Å². The molecule has 0 unspecified atom stereocenters. The van der Waals surface area contributed by atoms with Crippen LogP contribution in [0.25, 0.3) is 0 Å². The van der Waals surface area contributed by atoms with Crippen molar-refractivity contribution in [2.75, 3.05) is 69.2 Å². The molecule has 9 nitrogen and oxygen atoms in total. The number of benzene rings is 3. The first-order chi connectivity index (χ1) is 19.4. The zero-order valence-corrected chi connectivity index (χ0v) is 23.8. The molecule has 1 heterocycles. The van der Waals surface area contributed by atoms with Gasteiger partial charge in [-0.1, -0.05) is 32.0 Å². The average molecular weight is 547 g/mol. The molecule has 1 aliphatic heterocycles. The summed E-state index contributed by atoms with van der Waals surface area (Å²) in [6, 6.07) is 18.6. The topological polar surface area (TPSA) is 92.4 Å². The number of methoxy groups -OCH3 is 3. The van der Waals surface area contributed by atoms with Crippen molar-refractivity contribution >= 4 is 28.9 Å². The average Bonchev–Trinajstić information content (AvgIpc) is 2.99. The van der Waals surface area contributed by atoms with Crippen LogP contribution in [-0.4, -0.2) is 65.9 Å². The fraction of sp³-hybridized carbons (Fsp3) is 0.355. The van der Waals surface area contributed by atoms with Crippen LogP contribution < -0.4 is 34.6 Å². The highest BCUT2D eigenvalue weighted by Crippen LogP contribution is 2.32. The summed E-state index contributed by atoms with van der Waals surface area (Å²) in [5, 5.41) is 5.95. The van der Waals surface area contributed by atoms with Crippen molar-refractivity contribution in [3.05, 3.63) is 71.8 Å². The van der Waals surface area contributed by atoms with E-state index in [4.69, 9.17) is 14.2 Å². The molecular formula is C31H38N4O5. The van der Waals surface area contributed by atoms with E-state index >= 15 is 0 Å². The Morgan fingerprint density at radius 3 is 1.93 bits per heavy atom. The first-order valence-electron chi connectivity index (χ1n) is 13.4. The molecular weight excluding hydrogens is 508 g/mol. The van der Waals surface area contributed by atoms with Gasteiger partial charge in [0.1, 0.15) is 22.8 Å². The minimum Gasteiger partial charge on any atom is -0.496 e. The quantitative estimate of drug-likeness (QED) is 0.382. The van der Waals surface area contributed by atoms with Crippen LogP contribution in [0.1, 0.15) is 34.6 Å². The first kappa shape index (κ1) is 28.6. The molecule has 0 aromatic heterocycles. The summed E-state index contributed by atoms with van der Waals surface area (Å²) in [5.41, 5.74) is 3.19. The molecule has 1 fully saturated rings. The Morgan fingerprint density at radius 1 is 0.750 bits per heavy atom. The van der Waals surface area contributed by atoms with Crippen molar-refractivity contribution in [3.8, 4) is 17.2 Å². The van der Waals surface area contributed by atoms with Crippen LogP contribution in [0.2, 0.25) is 0 Å². The van der Waals surface area contributed by atoms with Crippen LogP contribution in [0.4, 0.5) is 17.1 Å². The zero-order valence-electron chi connectivity index (χ0n) is 23.8. The second-order valence-electron chi connectivity index (χ2n) is 9.97. The summed E-state index contributed by atoms with van der Waals surface area (Å²) in [6.45, 7) is 7.66. The fourth-order valence-corrected chi connectivity index (χ4v) is 4.81. The maximum Gasteiger partial charge on any atom is 0.263 e. The third-order valence-corrected chi connectivity index (χ3v) is 6.87. The van der Waals surface area contributed by atoms with Gasteiger partial charge in [-0.25, -0.2) is 0 Å². The minimum atomic E-state index is -0.388. The summed E-state index contributed by atoms with van der Waals surface area (Å²) < 4.78 is 16.3. The monoisotopic (exact) mass is 546 g/mol. The second kappa shape index (κ2) is 13.1. The SMILES string of the molecule is COc1ccccc1N1CCN(c2ccc(NC(=O)c3c(OC)cccc3OC)cc2C(=O)NCC(C)C)CC1. The van der Waals surface area contributed by atoms with Crippen LogP contribution >= 0.6 is 0 Å². The van der Waals surface area contributed by atoms with E-state index in [1.807, 2.05) is 30.3 Å². The summed E-state index contributed by atoms with van der Waals surface area (Å²) in [7, 11) is 4.69. The van der Waals surface area contributed by atoms with E-state index in [1.54, 1.807) is 31.4 Å². The largest absolute Gasteiger partial charge is 0.496 e. The van der Waals surface area contributed by atoms with E-state index in [2.05, 4.69) is 40.3 Å². The lowest BCUT2D eigenvalue weighted by Gasteiger charge is -2.38.